The fourth-order valence-electron chi connectivity index (χ4n) is 2.80. The maximum Gasteiger partial charge on any atom is 0.118 e. The van der Waals surface area contributed by atoms with E-state index < -0.39 is 0 Å². The lowest BCUT2D eigenvalue weighted by molar-refractivity contribution is 0.108. The molecular formula is C11H20N4O. The molecule has 1 unspecified atom stereocenters. The summed E-state index contributed by atoms with van der Waals surface area (Å²) in [7, 11) is 0. The van der Waals surface area contributed by atoms with Crippen LogP contribution in [0.25, 0.3) is 0 Å². The summed E-state index contributed by atoms with van der Waals surface area (Å²) < 4.78 is 6.03. The van der Waals surface area contributed by atoms with Gasteiger partial charge in [-0.3, -0.25) is 4.90 Å². The van der Waals surface area contributed by atoms with E-state index in [9.17, 15) is 0 Å². The molecule has 3 heterocycles. The molecular weight excluding hydrogens is 204 g/mol. The van der Waals surface area contributed by atoms with Crippen LogP contribution in [0, 0.1) is 0 Å². The number of nitrogens with one attached hydrogen (secondary N) is 2. The zero-order valence-electron chi connectivity index (χ0n) is 9.54. The van der Waals surface area contributed by atoms with Crippen molar-refractivity contribution >= 4 is 0 Å². The van der Waals surface area contributed by atoms with Gasteiger partial charge in [0.15, 0.2) is 0 Å². The van der Waals surface area contributed by atoms with E-state index in [0.29, 0.717) is 12.3 Å². The minimum atomic E-state index is 0.324. The van der Waals surface area contributed by atoms with Crippen molar-refractivity contribution in [2.24, 2.45) is 5.73 Å². The Morgan fingerprint density at radius 2 is 2.31 bits per heavy atom. The first-order valence-corrected chi connectivity index (χ1v) is 6.15. The third-order valence-corrected chi connectivity index (χ3v) is 3.66. The molecule has 90 valence electrons. The van der Waals surface area contributed by atoms with Gasteiger partial charge in [-0.1, -0.05) is 0 Å². The van der Waals surface area contributed by atoms with Crippen molar-refractivity contribution in [1.82, 2.24) is 15.5 Å². The second-order valence-corrected chi connectivity index (χ2v) is 4.82. The van der Waals surface area contributed by atoms with Crippen LogP contribution < -0.4 is 16.4 Å². The van der Waals surface area contributed by atoms with Crippen molar-refractivity contribution in [2.75, 3.05) is 32.7 Å². The normalized spacial score (nSPS) is 35.5. The first-order valence-electron chi connectivity index (χ1n) is 6.15. The molecule has 16 heavy (non-hydrogen) atoms. The van der Waals surface area contributed by atoms with Crippen molar-refractivity contribution in [1.29, 1.82) is 0 Å². The standard InChI is InChI=1S/C11H20N4O/c12-9-6-13-2-1-10(9)16-8-5-11-14-3-4-15(11)7-8/h8,11,13-14H,1-7,12H2/t8-,11?/m1/s1. The number of nitrogens with two attached hydrogens (primary N) is 1. The average Bonchev–Trinajstić information content (AvgIpc) is 2.81. The fourth-order valence-corrected chi connectivity index (χ4v) is 2.80. The van der Waals surface area contributed by atoms with Crippen LogP contribution in [0.15, 0.2) is 11.5 Å². The molecule has 2 fully saturated rings. The summed E-state index contributed by atoms with van der Waals surface area (Å²) in [5.41, 5.74) is 6.82. The molecule has 5 heteroatoms. The van der Waals surface area contributed by atoms with E-state index in [-0.39, 0.29) is 0 Å². The van der Waals surface area contributed by atoms with Gasteiger partial charge in [-0.2, -0.15) is 0 Å². The lowest BCUT2D eigenvalue weighted by Gasteiger charge is -2.22. The fraction of sp³-hybridized carbons (Fsp3) is 0.818. The lowest BCUT2D eigenvalue weighted by Crippen LogP contribution is -2.31. The summed E-state index contributed by atoms with van der Waals surface area (Å²) in [6, 6.07) is 0. The molecule has 2 saturated heterocycles. The molecule has 0 spiro atoms. The third-order valence-electron chi connectivity index (χ3n) is 3.66. The highest BCUT2D eigenvalue weighted by Crippen LogP contribution is 2.24. The van der Waals surface area contributed by atoms with E-state index >= 15 is 0 Å². The van der Waals surface area contributed by atoms with E-state index in [1.165, 1.54) is 0 Å². The van der Waals surface area contributed by atoms with Crippen molar-refractivity contribution < 1.29 is 4.74 Å². The highest BCUT2D eigenvalue weighted by Gasteiger charge is 2.36. The smallest absolute Gasteiger partial charge is 0.118 e. The van der Waals surface area contributed by atoms with Crippen LogP contribution >= 0.6 is 0 Å². The van der Waals surface area contributed by atoms with E-state index in [1.54, 1.807) is 0 Å². The van der Waals surface area contributed by atoms with Crippen molar-refractivity contribution in [3.05, 3.63) is 11.5 Å². The van der Waals surface area contributed by atoms with E-state index in [4.69, 9.17) is 10.5 Å². The van der Waals surface area contributed by atoms with Gasteiger partial charge in [-0.15, -0.1) is 0 Å². The van der Waals surface area contributed by atoms with Crippen LogP contribution in [-0.4, -0.2) is 49.9 Å². The topological polar surface area (TPSA) is 62.6 Å². The second-order valence-electron chi connectivity index (χ2n) is 4.82. The molecule has 3 aliphatic heterocycles. The van der Waals surface area contributed by atoms with Crippen molar-refractivity contribution in [3.63, 3.8) is 0 Å². The molecule has 5 nitrogen and oxygen atoms in total. The van der Waals surface area contributed by atoms with Gasteiger partial charge >= 0.3 is 0 Å². The van der Waals surface area contributed by atoms with Gasteiger partial charge in [0.25, 0.3) is 0 Å². The maximum absolute atomic E-state index is 6.03. The zero-order valence-corrected chi connectivity index (χ0v) is 9.54. The quantitative estimate of drug-likeness (QED) is 0.571. The number of rotatable bonds is 2. The molecule has 0 aromatic carbocycles. The molecule has 0 amide bonds. The predicted octanol–water partition coefficient (Wildman–Crippen LogP) is -0.830. The molecule has 0 radical (unpaired) electrons. The largest absolute Gasteiger partial charge is 0.491 e. The SMILES string of the molecule is NC1=C(O[C@@H]2CC3NCCN3C2)CCNC1. The Bertz CT molecular complexity index is 292. The maximum atomic E-state index is 6.03. The minimum Gasteiger partial charge on any atom is -0.491 e. The molecule has 0 bridgehead atoms. The second kappa shape index (κ2) is 4.24. The third kappa shape index (κ3) is 1.90. The van der Waals surface area contributed by atoms with Gasteiger partial charge in [0.05, 0.1) is 11.9 Å². The Hall–Kier alpha value is -0.780. The van der Waals surface area contributed by atoms with Gasteiger partial charge in [-0.05, 0) is 0 Å². The Labute approximate surface area is 96.0 Å². The van der Waals surface area contributed by atoms with Crippen LogP contribution in [-0.2, 0) is 4.74 Å². The van der Waals surface area contributed by atoms with Gasteiger partial charge in [-0.25, -0.2) is 0 Å². The first-order chi connectivity index (χ1) is 7.83. The summed E-state index contributed by atoms with van der Waals surface area (Å²) in [6.07, 6.45) is 2.88. The Morgan fingerprint density at radius 3 is 3.12 bits per heavy atom. The van der Waals surface area contributed by atoms with Crippen LogP contribution in [0.5, 0.6) is 0 Å². The number of hydrogen-bond acceptors (Lipinski definition) is 5. The molecule has 0 aromatic heterocycles. The number of nitrogens with zero attached hydrogens (tertiary/aromatic N) is 1. The Morgan fingerprint density at radius 1 is 1.38 bits per heavy atom. The highest BCUT2D eigenvalue weighted by atomic mass is 16.5. The zero-order chi connectivity index (χ0) is 11.0. The van der Waals surface area contributed by atoms with Crippen LogP contribution in [0.2, 0.25) is 0 Å². The van der Waals surface area contributed by atoms with E-state index in [0.717, 1.165) is 57.0 Å². The predicted molar refractivity (Wildman–Crippen MR) is 61.6 cm³/mol. The van der Waals surface area contributed by atoms with Crippen molar-refractivity contribution in [3.8, 4) is 0 Å². The van der Waals surface area contributed by atoms with E-state index in [1.807, 2.05) is 0 Å². The molecule has 4 N–H and O–H groups in total. The van der Waals surface area contributed by atoms with Gasteiger partial charge in [0.1, 0.15) is 11.9 Å². The monoisotopic (exact) mass is 224 g/mol. The van der Waals surface area contributed by atoms with Crippen LogP contribution in [0.3, 0.4) is 0 Å². The Kier molecular flexibility index (Phi) is 2.75. The molecule has 0 aromatic rings. The summed E-state index contributed by atoms with van der Waals surface area (Å²) in [5.74, 6) is 1.02. The van der Waals surface area contributed by atoms with Crippen molar-refractivity contribution in [2.45, 2.75) is 25.1 Å². The minimum absolute atomic E-state index is 0.324. The summed E-state index contributed by atoms with van der Waals surface area (Å²) >= 11 is 0. The molecule has 3 aliphatic rings. The molecule has 0 aliphatic carbocycles. The van der Waals surface area contributed by atoms with Crippen LogP contribution in [0.4, 0.5) is 0 Å². The summed E-state index contributed by atoms with van der Waals surface area (Å²) in [5, 5.41) is 6.73. The van der Waals surface area contributed by atoms with E-state index in [2.05, 4.69) is 15.5 Å². The highest BCUT2D eigenvalue weighted by molar-refractivity contribution is 5.10. The summed E-state index contributed by atoms with van der Waals surface area (Å²) in [6.45, 7) is 5.07. The number of ether oxygens (including phenoxy) is 1. The van der Waals surface area contributed by atoms with Gasteiger partial charge < -0.3 is 21.1 Å². The average molecular weight is 224 g/mol. The van der Waals surface area contributed by atoms with Crippen LogP contribution in [0.1, 0.15) is 12.8 Å². The van der Waals surface area contributed by atoms with Gasteiger partial charge in [0, 0.05) is 45.6 Å². The lowest BCUT2D eigenvalue weighted by atomic mass is 10.2. The Balaban J connectivity index is 1.59. The van der Waals surface area contributed by atoms with Gasteiger partial charge in [0.2, 0.25) is 0 Å². The number of fused-ring (bicyclic) bond motifs is 1. The first kappa shape index (κ1) is 10.4. The number of hydrogen-bond donors (Lipinski definition) is 3. The summed E-state index contributed by atoms with van der Waals surface area (Å²) in [4.78, 5) is 2.46. The molecule has 2 atom stereocenters. The molecule has 0 saturated carbocycles. The molecule has 3 rings (SSSR count).